The highest BCUT2D eigenvalue weighted by Gasteiger charge is 2.34. The third-order valence-corrected chi connectivity index (χ3v) is 5.85. The molecule has 0 bridgehead atoms. The van der Waals surface area contributed by atoms with E-state index in [1.807, 2.05) is 30.3 Å². The van der Waals surface area contributed by atoms with Crippen LogP contribution in [0.4, 0.5) is 24.7 Å². The number of hydrogen-bond donors (Lipinski definition) is 1. The molecule has 0 atom stereocenters. The number of alkyl halides is 3. The van der Waals surface area contributed by atoms with Gasteiger partial charge in [-0.05, 0) is 35.9 Å². The molecule has 5 nitrogen and oxygen atoms in total. The zero-order chi connectivity index (χ0) is 23.5. The van der Waals surface area contributed by atoms with Gasteiger partial charge in [-0.3, -0.25) is 0 Å². The van der Waals surface area contributed by atoms with Gasteiger partial charge in [-0.25, -0.2) is 9.97 Å². The summed E-state index contributed by atoms with van der Waals surface area (Å²) in [7, 11) is 0. The van der Waals surface area contributed by atoms with Crippen LogP contribution >= 0.6 is 0 Å². The second kappa shape index (κ2) is 9.30. The topological polar surface area (TPSA) is 50.3 Å². The summed E-state index contributed by atoms with van der Waals surface area (Å²) in [5.74, 6) is 0.534. The minimum absolute atomic E-state index is 0.0387. The molecule has 1 fully saturated rings. The summed E-state index contributed by atoms with van der Waals surface area (Å²) < 4.78 is 46.2. The van der Waals surface area contributed by atoms with Gasteiger partial charge in [0.25, 0.3) is 0 Å². The number of fused-ring (bicyclic) bond motifs is 1. The van der Waals surface area contributed by atoms with E-state index in [2.05, 4.69) is 32.3 Å². The fraction of sp³-hybridized carbons (Fsp3) is 0.231. The minimum Gasteiger partial charge on any atom is -0.378 e. The first-order valence-electron chi connectivity index (χ1n) is 11.1. The van der Waals surface area contributed by atoms with Crippen molar-refractivity contribution < 1.29 is 17.9 Å². The molecule has 0 radical (unpaired) electrons. The van der Waals surface area contributed by atoms with Crippen LogP contribution in [0, 0.1) is 0 Å². The smallest absolute Gasteiger partial charge is 0.378 e. The molecule has 2 heterocycles. The Morgan fingerprint density at radius 3 is 2.32 bits per heavy atom. The van der Waals surface area contributed by atoms with E-state index in [0.29, 0.717) is 17.9 Å². The summed E-state index contributed by atoms with van der Waals surface area (Å²) in [5.41, 5.74) is 1.96. The van der Waals surface area contributed by atoms with E-state index in [9.17, 15) is 13.2 Å². The molecule has 0 unspecified atom stereocenters. The predicted molar refractivity (Wildman–Crippen MR) is 127 cm³/mol. The lowest BCUT2D eigenvalue weighted by Crippen LogP contribution is -2.36. The van der Waals surface area contributed by atoms with Gasteiger partial charge in [-0.2, -0.15) is 13.2 Å². The third kappa shape index (κ3) is 4.68. The van der Waals surface area contributed by atoms with Crippen molar-refractivity contribution in [1.29, 1.82) is 0 Å². The highest BCUT2D eigenvalue weighted by atomic mass is 19.4. The van der Waals surface area contributed by atoms with Gasteiger partial charge in [0.2, 0.25) is 0 Å². The number of aromatic nitrogens is 2. The summed E-state index contributed by atoms with van der Waals surface area (Å²) in [5, 5.41) is 4.06. The highest BCUT2D eigenvalue weighted by molar-refractivity contribution is 5.90. The van der Waals surface area contributed by atoms with Gasteiger partial charge in [0.05, 0.1) is 24.3 Å². The normalized spacial score (nSPS) is 14.4. The summed E-state index contributed by atoms with van der Waals surface area (Å²) >= 11 is 0. The maximum Gasteiger partial charge on any atom is 0.417 e. The van der Waals surface area contributed by atoms with E-state index in [0.717, 1.165) is 49.0 Å². The number of nitrogens with zero attached hydrogens (tertiary/aromatic N) is 3. The number of rotatable bonds is 5. The van der Waals surface area contributed by atoms with Gasteiger partial charge >= 0.3 is 6.18 Å². The fourth-order valence-corrected chi connectivity index (χ4v) is 4.09. The van der Waals surface area contributed by atoms with Gasteiger partial charge < -0.3 is 15.0 Å². The Labute approximate surface area is 195 Å². The van der Waals surface area contributed by atoms with Gasteiger partial charge in [0.1, 0.15) is 5.82 Å². The Hall–Kier alpha value is -3.65. The average Bonchev–Trinajstić information content (AvgIpc) is 2.87. The molecule has 174 valence electrons. The largest absolute Gasteiger partial charge is 0.417 e. The van der Waals surface area contributed by atoms with Crippen LogP contribution in [0.3, 0.4) is 0 Å². The standard InChI is InChI=1S/C26H23F3N4O/c27-26(28,29)22-7-3-1-5-20(22)25-31-23-8-4-2-6-21(23)24(32-25)30-17-18-9-11-19(12-10-18)33-13-15-34-16-14-33/h1-12H,13-17H2,(H,30,31,32). The predicted octanol–water partition coefficient (Wildman–Crippen LogP) is 5.76. The lowest BCUT2D eigenvalue weighted by molar-refractivity contribution is -0.137. The van der Waals surface area contributed by atoms with Crippen molar-refractivity contribution in [2.45, 2.75) is 12.7 Å². The van der Waals surface area contributed by atoms with E-state index < -0.39 is 11.7 Å². The zero-order valence-electron chi connectivity index (χ0n) is 18.3. The Kier molecular flexibility index (Phi) is 6.06. The Bertz CT molecular complexity index is 1290. The molecule has 1 saturated heterocycles. The highest BCUT2D eigenvalue weighted by Crippen LogP contribution is 2.37. The maximum absolute atomic E-state index is 13.6. The molecule has 5 rings (SSSR count). The molecule has 0 aliphatic carbocycles. The number of nitrogens with one attached hydrogen (secondary N) is 1. The summed E-state index contributed by atoms with van der Waals surface area (Å²) in [6.07, 6.45) is -4.50. The van der Waals surface area contributed by atoms with Crippen molar-refractivity contribution in [3.63, 3.8) is 0 Å². The van der Waals surface area contributed by atoms with Gasteiger partial charge in [-0.1, -0.05) is 42.5 Å². The van der Waals surface area contributed by atoms with Crippen LogP contribution in [0.2, 0.25) is 0 Å². The Morgan fingerprint density at radius 1 is 0.853 bits per heavy atom. The van der Waals surface area contributed by atoms with Crippen molar-refractivity contribution in [1.82, 2.24) is 9.97 Å². The molecule has 8 heteroatoms. The van der Waals surface area contributed by atoms with Crippen molar-refractivity contribution >= 4 is 22.4 Å². The first-order chi connectivity index (χ1) is 16.5. The molecule has 34 heavy (non-hydrogen) atoms. The van der Waals surface area contributed by atoms with Crippen LogP contribution < -0.4 is 10.2 Å². The van der Waals surface area contributed by atoms with Crippen LogP contribution in [0.25, 0.3) is 22.3 Å². The molecule has 4 aromatic rings. The summed E-state index contributed by atoms with van der Waals surface area (Å²) in [6.45, 7) is 3.66. The molecule has 1 aromatic heterocycles. The maximum atomic E-state index is 13.6. The number of morpholine rings is 1. The number of halogens is 3. The lowest BCUT2D eigenvalue weighted by atomic mass is 10.1. The molecule has 1 aliphatic rings. The molecule has 0 spiro atoms. The van der Waals surface area contributed by atoms with Crippen molar-refractivity contribution in [2.75, 3.05) is 36.5 Å². The first kappa shape index (κ1) is 22.2. The van der Waals surface area contributed by atoms with E-state index in [-0.39, 0.29) is 11.4 Å². The van der Waals surface area contributed by atoms with E-state index in [4.69, 9.17) is 4.74 Å². The molecule has 3 aromatic carbocycles. The monoisotopic (exact) mass is 464 g/mol. The fourth-order valence-electron chi connectivity index (χ4n) is 4.09. The van der Waals surface area contributed by atoms with Gasteiger partial charge in [-0.15, -0.1) is 0 Å². The van der Waals surface area contributed by atoms with Crippen LogP contribution in [-0.2, 0) is 17.5 Å². The average molecular weight is 464 g/mol. The molecular formula is C26H23F3N4O. The first-order valence-corrected chi connectivity index (χ1v) is 11.1. The molecule has 1 N–H and O–H groups in total. The van der Waals surface area contributed by atoms with E-state index in [1.54, 1.807) is 12.1 Å². The SMILES string of the molecule is FC(F)(F)c1ccccc1-c1nc(NCc2ccc(N3CCOCC3)cc2)c2ccccc2n1. The van der Waals surface area contributed by atoms with Crippen molar-refractivity contribution in [3.05, 3.63) is 83.9 Å². The van der Waals surface area contributed by atoms with Crippen molar-refractivity contribution in [3.8, 4) is 11.4 Å². The number of para-hydroxylation sites is 1. The number of ether oxygens (including phenoxy) is 1. The summed E-state index contributed by atoms with van der Waals surface area (Å²) in [4.78, 5) is 11.2. The number of anilines is 2. The van der Waals surface area contributed by atoms with Gasteiger partial charge in [0, 0.05) is 36.3 Å². The third-order valence-electron chi connectivity index (χ3n) is 5.85. The van der Waals surface area contributed by atoms with Crippen LogP contribution in [0.15, 0.2) is 72.8 Å². The number of hydrogen-bond acceptors (Lipinski definition) is 5. The Morgan fingerprint density at radius 2 is 1.56 bits per heavy atom. The number of benzene rings is 3. The second-order valence-electron chi connectivity index (χ2n) is 8.08. The lowest BCUT2D eigenvalue weighted by Gasteiger charge is -2.28. The Balaban J connectivity index is 1.44. The molecule has 1 aliphatic heterocycles. The van der Waals surface area contributed by atoms with Crippen LogP contribution in [-0.4, -0.2) is 36.3 Å². The summed E-state index contributed by atoms with van der Waals surface area (Å²) in [6, 6.07) is 20.9. The minimum atomic E-state index is -4.50. The molecule has 0 amide bonds. The molecule has 0 saturated carbocycles. The van der Waals surface area contributed by atoms with Crippen LogP contribution in [0.1, 0.15) is 11.1 Å². The molecular weight excluding hydrogens is 441 g/mol. The van der Waals surface area contributed by atoms with Crippen LogP contribution in [0.5, 0.6) is 0 Å². The second-order valence-corrected chi connectivity index (χ2v) is 8.08. The van der Waals surface area contributed by atoms with E-state index >= 15 is 0 Å². The van der Waals surface area contributed by atoms with Crippen molar-refractivity contribution in [2.24, 2.45) is 0 Å². The van der Waals surface area contributed by atoms with E-state index in [1.165, 1.54) is 12.1 Å². The van der Waals surface area contributed by atoms with Gasteiger partial charge in [0.15, 0.2) is 5.82 Å². The quantitative estimate of drug-likeness (QED) is 0.407. The zero-order valence-corrected chi connectivity index (χ0v) is 18.3.